The van der Waals surface area contributed by atoms with Crippen LogP contribution in [0.3, 0.4) is 0 Å². The fourth-order valence-corrected chi connectivity index (χ4v) is 5.94. The van der Waals surface area contributed by atoms with E-state index in [0.29, 0.717) is 30.9 Å². The number of carbonyl (C=O) groups excluding carboxylic acids is 1. The minimum absolute atomic E-state index is 0.0203. The van der Waals surface area contributed by atoms with Gasteiger partial charge in [-0.05, 0) is 30.3 Å². The van der Waals surface area contributed by atoms with Crippen LogP contribution in [0.2, 0.25) is 0 Å². The van der Waals surface area contributed by atoms with Gasteiger partial charge in [0.1, 0.15) is 5.75 Å². The van der Waals surface area contributed by atoms with Crippen molar-refractivity contribution in [2.45, 2.75) is 32.1 Å². The summed E-state index contributed by atoms with van der Waals surface area (Å²) in [7, 11) is 1.60. The molecule has 0 radical (unpaired) electrons. The van der Waals surface area contributed by atoms with Gasteiger partial charge in [-0.2, -0.15) is 0 Å². The third-order valence-corrected chi connectivity index (χ3v) is 7.53. The molecule has 0 saturated carbocycles. The van der Waals surface area contributed by atoms with Gasteiger partial charge in [0, 0.05) is 42.8 Å². The highest BCUT2D eigenvalue weighted by molar-refractivity contribution is 5.83. The third-order valence-electron chi connectivity index (χ3n) is 7.53. The number of amides is 1. The second-order valence-electron chi connectivity index (χ2n) is 9.22. The van der Waals surface area contributed by atoms with E-state index in [0.717, 1.165) is 16.8 Å². The number of fused-ring (bicyclic) bond motifs is 3. The van der Waals surface area contributed by atoms with Crippen molar-refractivity contribution in [3.63, 3.8) is 0 Å². The number of aliphatic hydroxyl groups excluding tert-OH is 1. The molecule has 1 saturated heterocycles. The van der Waals surface area contributed by atoms with E-state index in [9.17, 15) is 14.7 Å². The average molecular weight is 474 g/mol. The van der Waals surface area contributed by atoms with Gasteiger partial charge in [-0.25, -0.2) is 0 Å². The Bertz CT molecular complexity index is 1270. The highest BCUT2D eigenvalue weighted by Gasteiger charge is 2.55. The molecule has 0 unspecified atom stereocenters. The number of methoxy groups -OCH3 is 1. The van der Waals surface area contributed by atoms with E-state index in [1.807, 2.05) is 78.2 Å². The molecular weight excluding hydrogens is 442 g/mol. The number of hydrogen-bond donors (Lipinski definition) is 2. The number of likely N-dealkylation sites (N-methyl/N-ethyl adjacent to an activating group) is 1. The van der Waals surface area contributed by atoms with Gasteiger partial charge in [0.15, 0.2) is 0 Å². The molecule has 2 N–H and O–H groups in total. The lowest BCUT2D eigenvalue weighted by atomic mass is 9.88. The van der Waals surface area contributed by atoms with Crippen LogP contribution in [-0.2, 0) is 17.9 Å². The molecule has 2 aliphatic rings. The van der Waals surface area contributed by atoms with E-state index in [1.54, 1.807) is 7.11 Å². The van der Waals surface area contributed by atoms with Crippen molar-refractivity contribution in [3.8, 4) is 16.9 Å². The number of nitrogens with zero attached hydrogens (tertiary/aromatic N) is 2. The molecule has 5 rings (SSSR count). The molecule has 4 atom stereocenters. The fourth-order valence-electron chi connectivity index (χ4n) is 5.94. The number of hydrogen-bond acceptors (Lipinski definition) is 5. The van der Waals surface area contributed by atoms with Crippen LogP contribution in [0.25, 0.3) is 11.1 Å². The standard InChI is InChI=1S/C28H31N3O4/c1-3-30-25-21(22(17-32)26(30)27(33)29-15-18-9-5-4-6-10-18)16-31-23(25)14-13-20(28(31)34)19-11-7-8-12-24(19)35-2/h4-14,21-22,25-26,32H,3,15-17H2,1-2H3,(H,29,33)/t21-,22-,25+,26-/m0/s1. The number of ether oxygens (including phenoxy) is 1. The first-order chi connectivity index (χ1) is 17.1. The summed E-state index contributed by atoms with van der Waals surface area (Å²) in [6.45, 7) is 3.48. The highest BCUT2D eigenvalue weighted by Crippen LogP contribution is 2.49. The summed E-state index contributed by atoms with van der Waals surface area (Å²) in [5, 5.41) is 13.4. The third kappa shape index (κ3) is 3.94. The summed E-state index contributed by atoms with van der Waals surface area (Å²) >= 11 is 0. The molecule has 1 amide bonds. The molecule has 7 nitrogen and oxygen atoms in total. The van der Waals surface area contributed by atoms with Gasteiger partial charge in [-0.1, -0.05) is 55.5 Å². The first kappa shape index (κ1) is 23.3. The van der Waals surface area contributed by atoms with Crippen LogP contribution in [-0.4, -0.2) is 46.8 Å². The van der Waals surface area contributed by atoms with Crippen molar-refractivity contribution >= 4 is 5.91 Å². The molecule has 0 bridgehead atoms. The highest BCUT2D eigenvalue weighted by atomic mass is 16.5. The zero-order chi connectivity index (χ0) is 24.5. The number of carbonyl (C=O) groups is 1. The summed E-state index contributed by atoms with van der Waals surface area (Å²) < 4.78 is 7.30. The Labute approximate surface area is 205 Å². The Kier molecular flexibility index (Phi) is 6.45. The SMILES string of the molecule is CCN1[C@H](C(=O)NCc2ccccc2)[C@@H](CO)[C@@H]2Cn3c(ccc(-c4ccccc4OC)c3=O)[C@@H]21. The van der Waals surface area contributed by atoms with Crippen LogP contribution in [0.15, 0.2) is 71.5 Å². The van der Waals surface area contributed by atoms with Crippen molar-refractivity contribution in [2.24, 2.45) is 11.8 Å². The molecule has 182 valence electrons. The zero-order valence-corrected chi connectivity index (χ0v) is 20.1. The van der Waals surface area contributed by atoms with Gasteiger partial charge in [0.05, 0.1) is 24.8 Å². The summed E-state index contributed by atoms with van der Waals surface area (Å²) in [5.74, 6) is 0.295. The normalized spacial score (nSPS) is 23.1. The van der Waals surface area contributed by atoms with E-state index in [-0.39, 0.29) is 36.0 Å². The summed E-state index contributed by atoms with van der Waals surface area (Å²) in [6.07, 6.45) is 0. The largest absolute Gasteiger partial charge is 0.496 e. The van der Waals surface area contributed by atoms with Crippen LogP contribution in [0, 0.1) is 11.8 Å². The molecule has 2 aliphatic heterocycles. The number of aromatic nitrogens is 1. The van der Waals surface area contributed by atoms with Gasteiger partial charge in [0.25, 0.3) is 5.56 Å². The van der Waals surface area contributed by atoms with Gasteiger partial charge < -0.3 is 19.7 Å². The molecule has 0 spiro atoms. The Balaban J connectivity index is 1.46. The summed E-state index contributed by atoms with van der Waals surface area (Å²) in [5.41, 5.74) is 3.21. The Morgan fingerprint density at radius 3 is 2.51 bits per heavy atom. The first-order valence-electron chi connectivity index (χ1n) is 12.1. The molecule has 35 heavy (non-hydrogen) atoms. The lowest BCUT2D eigenvalue weighted by molar-refractivity contribution is -0.127. The molecule has 1 fully saturated rings. The van der Waals surface area contributed by atoms with Crippen LogP contribution >= 0.6 is 0 Å². The molecule has 3 aromatic rings. The monoisotopic (exact) mass is 473 g/mol. The maximum Gasteiger partial charge on any atom is 0.258 e. The predicted molar refractivity (Wildman–Crippen MR) is 134 cm³/mol. The maximum absolute atomic E-state index is 13.6. The Morgan fingerprint density at radius 1 is 1.06 bits per heavy atom. The van der Waals surface area contributed by atoms with Crippen molar-refractivity contribution in [2.75, 3.05) is 20.3 Å². The van der Waals surface area contributed by atoms with Gasteiger partial charge >= 0.3 is 0 Å². The molecular formula is C28H31N3O4. The van der Waals surface area contributed by atoms with Crippen molar-refractivity contribution in [1.82, 2.24) is 14.8 Å². The van der Waals surface area contributed by atoms with E-state index < -0.39 is 6.04 Å². The van der Waals surface area contributed by atoms with Gasteiger partial charge in [-0.15, -0.1) is 0 Å². The molecule has 1 aromatic heterocycles. The average Bonchev–Trinajstić information content (AvgIpc) is 3.43. The number of aliphatic hydroxyl groups is 1. The van der Waals surface area contributed by atoms with Crippen LogP contribution in [0.4, 0.5) is 0 Å². The quantitative estimate of drug-likeness (QED) is 0.551. The second kappa shape index (κ2) is 9.68. The lowest BCUT2D eigenvalue weighted by Crippen LogP contribution is -2.48. The number of pyridine rings is 1. The number of rotatable bonds is 7. The van der Waals surface area contributed by atoms with E-state index in [1.165, 1.54) is 0 Å². The number of nitrogens with one attached hydrogen (secondary N) is 1. The fraction of sp³-hybridized carbons (Fsp3) is 0.357. The summed E-state index contributed by atoms with van der Waals surface area (Å²) in [4.78, 5) is 29.0. The summed E-state index contributed by atoms with van der Waals surface area (Å²) in [6, 6.07) is 20.6. The van der Waals surface area contributed by atoms with Crippen LogP contribution in [0.1, 0.15) is 24.2 Å². The van der Waals surface area contributed by atoms with Crippen molar-refractivity contribution < 1.29 is 14.6 Å². The van der Waals surface area contributed by atoms with Crippen LogP contribution in [0.5, 0.6) is 5.75 Å². The lowest BCUT2D eigenvalue weighted by Gasteiger charge is -2.29. The van der Waals surface area contributed by atoms with E-state index in [4.69, 9.17) is 4.74 Å². The Morgan fingerprint density at radius 2 is 1.80 bits per heavy atom. The minimum atomic E-state index is -0.443. The second-order valence-corrected chi connectivity index (χ2v) is 9.22. The van der Waals surface area contributed by atoms with Gasteiger partial charge in [0.2, 0.25) is 5.91 Å². The number of para-hydroxylation sites is 1. The Hall–Kier alpha value is -3.42. The van der Waals surface area contributed by atoms with Crippen molar-refractivity contribution in [1.29, 1.82) is 0 Å². The topological polar surface area (TPSA) is 83.8 Å². The zero-order valence-electron chi connectivity index (χ0n) is 20.1. The molecule has 7 heteroatoms. The van der Waals surface area contributed by atoms with Gasteiger partial charge in [-0.3, -0.25) is 14.5 Å². The maximum atomic E-state index is 13.6. The molecule has 3 heterocycles. The predicted octanol–water partition coefficient (Wildman–Crippen LogP) is 2.82. The van der Waals surface area contributed by atoms with E-state index >= 15 is 0 Å². The smallest absolute Gasteiger partial charge is 0.258 e. The van der Waals surface area contributed by atoms with Crippen molar-refractivity contribution in [3.05, 3.63) is 88.3 Å². The molecule has 2 aromatic carbocycles. The van der Waals surface area contributed by atoms with Crippen LogP contribution < -0.4 is 15.6 Å². The van der Waals surface area contributed by atoms with E-state index in [2.05, 4.69) is 10.2 Å². The minimum Gasteiger partial charge on any atom is -0.496 e. The number of benzene rings is 2. The number of likely N-dealkylation sites (tertiary alicyclic amines) is 1. The first-order valence-corrected chi connectivity index (χ1v) is 12.1. The molecule has 0 aliphatic carbocycles.